The summed E-state index contributed by atoms with van der Waals surface area (Å²) in [5.74, 6) is 0.334. The largest absolute Gasteiger partial charge is 0.493 e. The molecular formula is C23H17N3O3S2. The number of rotatable bonds is 6. The van der Waals surface area contributed by atoms with Crippen LogP contribution in [0, 0.1) is 16.7 Å². The number of thioether (sulfide) groups is 1. The molecule has 0 bridgehead atoms. The van der Waals surface area contributed by atoms with Gasteiger partial charge in [0.15, 0.2) is 17.3 Å². The first-order valence-electron chi connectivity index (χ1n) is 9.31. The van der Waals surface area contributed by atoms with Crippen molar-refractivity contribution in [3.8, 4) is 17.6 Å². The Kier molecular flexibility index (Phi) is 6.16. The Balaban J connectivity index is 1.54. The lowest BCUT2D eigenvalue weighted by Crippen LogP contribution is -2.11. The van der Waals surface area contributed by atoms with Crippen molar-refractivity contribution < 1.29 is 14.3 Å². The monoisotopic (exact) mass is 447 g/mol. The average Bonchev–Trinajstić information content (AvgIpc) is 3.40. The van der Waals surface area contributed by atoms with Gasteiger partial charge < -0.3 is 9.47 Å². The van der Waals surface area contributed by atoms with Gasteiger partial charge in [-0.25, -0.2) is 4.98 Å². The maximum absolute atomic E-state index is 12.8. The van der Waals surface area contributed by atoms with Gasteiger partial charge in [-0.2, -0.15) is 5.26 Å². The third-order valence-electron chi connectivity index (χ3n) is 4.69. The first kappa shape index (κ1) is 20.8. The molecule has 0 aliphatic carbocycles. The van der Waals surface area contributed by atoms with Gasteiger partial charge in [-0.3, -0.25) is 10.2 Å². The van der Waals surface area contributed by atoms with Gasteiger partial charge >= 0.3 is 0 Å². The summed E-state index contributed by atoms with van der Waals surface area (Å²) in [4.78, 5) is 17.5. The van der Waals surface area contributed by atoms with E-state index in [0.717, 1.165) is 22.9 Å². The molecule has 6 nitrogen and oxygen atoms in total. The number of carbonyl (C=O) groups excluding carboxylic acids is 1. The van der Waals surface area contributed by atoms with Crippen molar-refractivity contribution in [2.75, 3.05) is 7.11 Å². The zero-order valence-corrected chi connectivity index (χ0v) is 18.1. The van der Waals surface area contributed by atoms with Gasteiger partial charge in [0, 0.05) is 17.1 Å². The fraction of sp³-hybridized carbons (Fsp3) is 0.130. The quantitative estimate of drug-likeness (QED) is 0.533. The topological polar surface area (TPSA) is 96.1 Å². The number of nitrogens with zero attached hydrogens (tertiary/aromatic N) is 2. The van der Waals surface area contributed by atoms with E-state index < -0.39 is 5.92 Å². The highest BCUT2D eigenvalue weighted by Crippen LogP contribution is 2.41. The summed E-state index contributed by atoms with van der Waals surface area (Å²) in [6.07, 6.45) is 3.40. The first-order chi connectivity index (χ1) is 15.1. The van der Waals surface area contributed by atoms with Gasteiger partial charge in [-0.1, -0.05) is 36.0 Å². The summed E-state index contributed by atoms with van der Waals surface area (Å²) in [6, 6.07) is 14.8. The molecule has 0 amide bonds. The second-order valence-corrected chi connectivity index (χ2v) is 8.62. The third kappa shape index (κ3) is 4.38. The molecule has 154 valence electrons. The maximum atomic E-state index is 12.8. The Hall–Kier alpha value is -3.41. The molecule has 31 heavy (non-hydrogen) atoms. The van der Waals surface area contributed by atoms with E-state index in [2.05, 4.69) is 11.1 Å². The minimum absolute atomic E-state index is 0.114. The van der Waals surface area contributed by atoms with Crippen molar-refractivity contribution in [1.82, 2.24) is 4.98 Å². The lowest BCUT2D eigenvalue weighted by molar-refractivity contribution is -0.114. The average molecular weight is 448 g/mol. The smallest absolute Gasteiger partial charge is 0.186 e. The van der Waals surface area contributed by atoms with Crippen LogP contribution in [-0.4, -0.2) is 22.9 Å². The highest BCUT2D eigenvalue weighted by Gasteiger charge is 2.38. The van der Waals surface area contributed by atoms with Crippen LogP contribution in [0.25, 0.3) is 6.08 Å². The number of nitrogens with one attached hydrogen (secondary N) is 1. The zero-order chi connectivity index (χ0) is 21.8. The van der Waals surface area contributed by atoms with Crippen LogP contribution < -0.4 is 9.47 Å². The number of benzene rings is 2. The molecule has 1 aliphatic heterocycles. The molecule has 1 aromatic heterocycles. The molecule has 8 heteroatoms. The molecule has 0 spiro atoms. The summed E-state index contributed by atoms with van der Waals surface area (Å²) in [5, 5.41) is 20.2. The summed E-state index contributed by atoms with van der Waals surface area (Å²) < 4.78 is 11.3. The molecule has 1 aliphatic rings. The highest BCUT2D eigenvalue weighted by molar-refractivity contribution is 8.19. The number of methoxy groups -OCH3 is 1. The number of Topliss-reactive ketones (excluding diaryl/α,β-unsaturated/α-hetero) is 1. The number of ketones is 1. The second kappa shape index (κ2) is 9.16. The summed E-state index contributed by atoms with van der Waals surface area (Å²) in [7, 11) is 1.55. The molecule has 1 atom stereocenters. The fourth-order valence-electron chi connectivity index (χ4n) is 3.15. The summed E-state index contributed by atoms with van der Waals surface area (Å²) in [5.41, 5.74) is 2.12. The summed E-state index contributed by atoms with van der Waals surface area (Å²) in [6.45, 7) is 0.238. The molecule has 4 rings (SSSR count). The van der Waals surface area contributed by atoms with Gasteiger partial charge in [-0.15, -0.1) is 11.3 Å². The van der Waals surface area contributed by atoms with Crippen LogP contribution in [0.2, 0.25) is 0 Å². The Labute approximate surface area is 187 Å². The van der Waals surface area contributed by atoms with Crippen LogP contribution in [-0.2, 0) is 11.4 Å². The predicted molar refractivity (Wildman–Crippen MR) is 122 cm³/mol. The number of thiazole rings is 1. The van der Waals surface area contributed by atoms with E-state index in [4.69, 9.17) is 14.9 Å². The minimum atomic E-state index is -0.610. The number of aromatic nitrogens is 1. The Bertz CT molecular complexity index is 1210. The van der Waals surface area contributed by atoms with Crippen molar-refractivity contribution >= 4 is 40.0 Å². The fourth-order valence-corrected chi connectivity index (χ4v) is 4.95. The van der Waals surface area contributed by atoms with Gasteiger partial charge in [0.05, 0.1) is 28.7 Å². The van der Waals surface area contributed by atoms with Gasteiger partial charge in [0.2, 0.25) is 0 Å². The van der Waals surface area contributed by atoms with Crippen molar-refractivity contribution in [3.63, 3.8) is 0 Å². The standard InChI is InChI=1S/C23H17N3O3S2/c1-28-18-10-14(6-7-17(18)29-13-16-5-3-2-4-15(16)12-24)11-19-21(27)20(22(25)31-19)23-26-8-9-30-23/h2-11,20,25H,13H2,1H3. The SMILES string of the molecule is COc1cc(C=C2SC(=N)C(c3nccs3)C2=O)ccc1OCc1ccccc1C#N. The first-order valence-corrected chi connectivity index (χ1v) is 11.0. The lowest BCUT2D eigenvalue weighted by Gasteiger charge is -2.12. The van der Waals surface area contributed by atoms with Crippen LogP contribution in [0.3, 0.4) is 0 Å². The van der Waals surface area contributed by atoms with Crippen molar-refractivity contribution in [3.05, 3.63) is 80.6 Å². The molecule has 1 saturated heterocycles. The molecule has 1 fully saturated rings. The van der Waals surface area contributed by atoms with Crippen LogP contribution in [0.4, 0.5) is 0 Å². The van der Waals surface area contributed by atoms with E-state index in [-0.39, 0.29) is 17.4 Å². The molecule has 1 N–H and O–H groups in total. The van der Waals surface area contributed by atoms with Crippen molar-refractivity contribution in [1.29, 1.82) is 10.7 Å². The Morgan fingerprint density at radius 2 is 2.10 bits per heavy atom. The van der Waals surface area contributed by atoms with E-state index in [0.29, 0.717) is 27.0 Å². The van der Waals surface area contributed by atoms with E-state index in [9.17, 15) is 10.1 Å². The third-order valence-corrected chi connectivity index (χ3v) is 6.53. The van der Waals surface area contributed by atoms with Crippen LogP contribution in [0.5, 0.6) is 11.5 Å². The number of hydrogen-bond acceptors (Lipinski definition) is 8. The number of nitriles is 1. The van der Waals surface area contributed by atoms with Gasteiger partial charge in [0.1, 0.15) is 17.5 Å². The van der Waals surface area contributed by atoms with E-state index >= 15 is 0 Å². The number of carbonyl (C=O) groups is 1. The zero-order valence-electron chi connectivity index (χ0n) is 16.5. The van der Waals surface area contributed by atoms with Gasteiger partial charge in [-0.05, 0) is 29.8 Å². The number of ether oxygens (including phenoxy) is 2. The second-order valence-electron chi connectivity index (χ2n) is 6.61. The summed E-state index contributed by atoms with van der Waals surface area (Å²) >= 11 is 2.54. The van der Waals surface area contributed by atoms with Crippen LogP contribution in [0.15, 0.2) is 58.9 Å². The molecule has 3 aromatic rings. The van der Waals surface area contributed by atoms with Crippen molar-refractivity contribution in [2.45, 2.75) is 12.5 Å². The van der Waals surface area contributed by atoms with E-state index in [1.807, 2.05) is 24.3 Å². The van der Waals surface area contributed by atoms with Crippen LogP contribution in [0.1, 0.15) is 27.6 Å². The normalized spacial score (nSPS) is 17.0. The maximum Gasteiger partial charge on any atom is 0.186 e. The predicted octanol–water partition coefficient (Wildman–Crippen LogP) is 5.02. The molecular weight excluding hydrogens is 430 g/mol. The Morgan fingerprint density at radius 1 is 1.26 bits per heavy atom. The van der Waals surface area contributed by atoms with Crippen LogP contribution >= 0.6 is 23.1 Å². The number of allylic oxidation sites excluding steroid dienone is 1. The molecule has 2 aromatic carbocycles. The molecule has 1 unspecified atom stereocenters. The van der Waals surface area contributed by atoms with E-state index in [1.165, 1.54) is 11.3 Å². The van der Waals surface area contributed by atoms with Gasteiger partial charge in [0.25, 0.3) is 0 Å². The highest BCUT2D eigenvalue weighted by atomic mass is 32.2. The minimum Gasteiger partial charge on any atom is -0.493 e. The molecule has 0 radical (unpaired) electrons. The van der Waals surface area contributed by atoms with Crippen molar-refractivity contribution in [2.24, 2.45) is 0 Å². The van der Waals surface area contributed by atoms with E-state index in [1.54, 1.807) is 43.0 Å². The molecule has 0 saturated carbocycles. The lowest BCUT2D eigenvalue weighted by atomic mass is 10.0. The Morgan fingerprint density at radius 3 is 2.84 bits per heavy atom. The molecule has 2 heterocycles. The number of hydrogen-bond donors (Lipinski definition) is 1.